The van der Waals surface area contributed by atoms with Gasteiger partial charge in [0.1, 0.15) is 0 Å². The molecule has 0 saturated heterocycles. The van der Waals surface area contributed by atoms with Gasteiger partial charge in [0.25, 0.3) is 0 Å². The summed E-state index contributed by atoms with van der Waals surface area (Å²) in [5, 5.41) is 2.52. The summed E-state index contributed by atoms with van der Waals surface area (Å²) < 4.78 is 2.29. The Balaban J connectivity index is 0.000000324. The number of H-pyrrole nitrogens is 1. The molecule has 2 aromatic heterocycles. The standard InChI is InChI=1S/C21H22N2O.C20H20N2O.5C2H6/c1-22(2)19(24)13-15-12-14-8-4-5-9-16(14)21-20(15)17-10-6-7-11-18(17)23(21)3;1-22(2)18(23)12-14-11-13-7-3-4-8-15(13)20-19(14)16-9-5-6-10-17(16)21-20;5*1-2/h4-11,15H,12-13H2,1-3H3;3-10,14,21H,11-12H2,1-2H3;5*1-2H3. The Morgan fingerprint density at radius 3 is 1.53 bits per heavy atom. The molecule has 308 valence electrons. The van der Waals surface area contributed by atoms with E-state index in [0.717, 1.165) is 18.4 Å². The van der Waals surface area contributed by atoms with Gasteiger partial charge >= 0.3 is 0 Å². The van der Waals surface area contributed by atoms with E-state index >= 15 is 0 Å². The molecule has 0 radical (unpaired) electrons. The Bertz CT molecular complexity index is 2130. The molecule has 6 aromatic rings. The number of aromatic amines is 1. The van der Waals surface area contributed by atoms with Crippen LogP contribution in [0.3, 0.4) is 0 Å². The fraction of sp³-hybridized carbons (Fsp3) is 0.412. The maximum absolute atomic E-state index is 12.4. The van der Waals surface area contributed by atoms with Crippen molar-refractivity contribution in [2.45, 2.75) is 107 Å². The minimum atomic E-state index is 0.186. The van der Waals surface area contributed by atoms with E-state index in [9.17, 15) is 9.59 Å². The largest absolute Gasteiger partial charge is 0.354 e. The highest BCUT2D eigenvalue weighted by Crippen LogP contribution is 2.47. The fourth-order valence-corrected chi connectivity index (χ4v) is 7.70. The summed E-state index contributed by atoms with van der Waals surface area (Å²) in [6.45, 7) is 20.0. The number of rotatable bonds is 4. The number of nitrogens with zero attached hydrogens (tertiary/aromatic N) is 3. The minimum absolute atomic E-state index is 0.186. The summed E-state index contributed by atoms with van der Waals surface area (Å²) in [7, 11) is 9.46. The monoisotopic (exact) mass is 773 g/mol. The van der Waals surface area contributed by atoms with Crippen LogP contribution in [0.1, 0.15) is 116 Å². The molecule has 4 aromatic carbocycles. The van der Waals surface area contributed by atoms with E-state index in [1.807, 2.05) is 97.4 Å². The summed E-state index contributed by atoms with van der Waals surface area (Å²) >= 11 is 0. The second-order valence-electron chi connectivity index (χ2n) is 13.4. The number of benzene rings is 4. The van der Waals surface area contributed by atoms with Crippen molar-refractivity contribution in [1.82, 2.24) is 19.4 Å². The van der Waals surface area contributed by atoms with Crippen LogP contribution in [-0.4, -0.2) is 59.4 Å². The highest BCUT2D eigenvalue weighted by atomic mass is 16.2. The molecule has 0 saturated carbocycles. The van der Waals surface area contributed by atoms with Crippen molar-refractivity contribution in [3.63, 3.8) is 0 Å². The quantitative estimate of drug-likeness (QED) is 0.194. The van der Waals surface area contributed by atoms with Gasteiger partial charge in [0.2, 0.25) is 11.8 Å². The lowest BCUT2D eigenvalue weighted by Crippen LogP contribution is -2.25. The van der Waals surface area contributed by atoms with Gasteiger partial charge in [0, 0.05) is 81.0 Å². The molecule has 2 aliphatic rings. The van der Waals surface area contributed by atoms with Crippen LogP contribution in [-0.2, 0) is 29.5 Å². The number of para-hydroxylation sites is 2. The van der Waals surface area contributed by atoms with E-state index in [-0.39, 0.29) is 23.7 Å². The van der Waals surface area contributed by atoms with Crippen molar-refractivity contribution >= 4 is 33.6 Å². The highest BCUT2D eigenvalue weighted by Gasteiger charge is 2.32. The molecular weight excluding hydrogens is 701 g/mol. The zero-order valence-electron chi connectivity index (χ0n) is 37.9. The van der Waals surface area contributed by atoms with Gasteiger partial charge in [-0.3, -0.25) is 9.59 Å². The van der Waals surface area contributed by atoms with Gasteiger partial charge in [0.15, 0.2) is 0 Å². The zero-order chi connectivity index (χ0) is 42.8. The van der Waals surface area contributed by atoms with Crippen LogP contribution in [0.2, 0.25) is 0 Å². The summed E-state index contributed by atoms with van der Waals surface area (Å²) in [5.74, 6) is 0.839. The summed E-state index contributed by atoms with van der Waals surface area (Å²) in [6.07, 6.45) is 2.96. The van der Waals surface area contributed by atoms with Crippen molar-refractivity contribution in [2.24, 2.45) is 7.05 Å². The molecule has 57 heavy (non-hydrogen) atoms. The second kappa shape index (κ2) is 23.8. The van der Waals surface area contributed by atoms with Crippen LogP contribution >= 0.6 is 0 Å². The predicted molar refractivity (Wildman–Crippen MR) is 248 cm³/mol. The van der Waals surface area contributed by atoms with Crippen LogP contribution in [0.5, 0.6) is 0 Å². The molecule has 0 bridgehead atoms. The summed E-state index contributed by atoms with van der Waals surface area (Å²) in [5.41, 5.74) is 12.7. The Labute approximate surface area is 345 Å². The first kappa shape index (κ1) is 48.0. The first-order chi connectivity index (χ1) is 27.7. The normalized spacial score (nSPS) is 13.7. The maximum atomic E-state index is 12.4. The molecule has 0 spiro atoms. The van der Waals surface area contributed by atoms with Crippen LogP contribution in [0.25, 0.3) is 44.3 Å². The van der Waals surface area contributed by atoms with Gasteiger partial charge in [-0.2, -0.15) is 0 Å². The van der Waals surface area contributed by atoms with Crippen molar-refractivity contribution in [3.8, 4) is 22.5 Å². The Morgan fingerprint density at radius 2 is 0.982 bits per heavy atom. The Morgan fingerprint density at radius 1 is 0.561 bits per heavy atom. The third-order valence-corrected chi connectivity index (χ3v) is 10.0. The minimum Gasteiger partial charge on any atom is -0.354 e. The number of carbonyl (C=O) groups is 2. The number of aromatic nitrogens is 2. The van der Waals surface area contributed by atoms with E-state index in [0.29, 0.717) is 12.8 Å². The SMILES string of the molecule is CC.CC.CC.CC.CC.CN(C)C(=O)CC1Cc2ccccc2-c2[nH]c3ccccc3c21.CN(C)C(=O)CC1Cc2ccccc2-c2c1c1ccccc1n2C. The number of nitrogens with one attached hydrogen (secondary N) is 1. The summed E-state index contributed by atoms with van der Waals surface area (Å²) in [6, 6.07) is 34.0. The maximum Gasteiger partial charge on any atom is 0.222 e. The molecule has 6 nitrogen and oxygen atoms in total. The average molecular weight is 773 g/mol. The molecule has 2 unspecified atom stereocenters. The number of carbonyl (C=O) groups excluding carboxylic acids is 2. The number of aryl methyl sites for hydroxylation is 1. The average Bonchev–Trinajstić information content (AvgIpc) is 3.81. The number of amides is 2. The molecule has 1 N–H and O–H groups in total. The zero-order valence-corrected chi connectivity index (χ0v) is 37.9. The van der Waals surface area contributed by atoms with Crippen molar-refractivity contribution < 1.29 is 9.59 Å². The van der Waals surface area contributed by atoms with E-state index in [2.05, 4.69) is 114 Å². The van der Waals surface area contributed by atoms with E-state index < -0.39 is 0 Å². The molecular formula is C51H72N4O2. The van der Waals surface area contributed by atoms with Crippen LogP contribution in [0.4, 0.5) is 0 Å². The predicted octanol–water partition coefficient (Wildman–Crippen LogP) is 13.0. The van der Waals surface area contributed by atoms with Crippen LogP contribution < -0.4 is 0 Å². The smallest absolute Gasteiger partial charge is 0.222 e. The highest BCUT2D eigenvalue weighted by molar-refractivity contribution is 5.96. The number of hydrogen-bond donors (Lipinski definition) is 1. The third-order valence-electron chi connectivity index (χ3n) is 10.0. The van der Waals surface area contributed by atoms with Gasteiger partial charge in [0.05, 0.1) is 11.4 Å². The lowest BCUT2D eigenvalue weighted by Gasteiger charge is -2.27. The molecule has 0 fully saturated rings. The molecule has 8 rings (SSSR count). The first-order valence-electron chi connectivity index (χ1n) is 21.5. The van der Waals surface area contributed by atoms with Crippen LogP contribution in [0, 0.1) is 0 Å². The van der Waals surface area contributed by atoms with E-state index in [4.69, 9.17) is 0 Å². The van der Waals surface area contributed by atoms with E-state index in [1.165, 1.54) is 61.1 Å². The Hall–Kier alpha value is -5.10. The molecule has 0 aliphatic heterocycles. The Kier molecular flexibility index (Phi) is 20.1. The van der Waals surface area contributed by atoms with Crippen molar-refractivity contribution in [1.29, 1.82) is 0 Å². The van der Waals surface area contributed by atoms with Crippen LogP contribution in [0.15, 0.2) is 97.1 Å². The fourth-order valence-electron chi connectivity index (χ4n) is 7.70. The number of hydrogen-bond acceptors (Lipinski definition) is 2. The number of fused-ring (bicyclic) bond motifs is 10. The van der Waals surface area contributed by atoms with Crippen molar-refractivity contribution in [3.05, 3.63) is 119 Å². The molecule has 2 atom stereocenters. The van der Waals surface area contributed by atoms with Gasteiger partial charge in [-0.1, -0.05) is 154 Å². The second-order valence-corrected chi connectivity index (χ2v) is 13.4. The molecule has 2 heterocycles. The first-order valence-corrected chi connectivity index (χ1v) is 21.5. The lowest BCUT2D eigenvalue weighted by molar-refractivity contribution is -0.129. The third kappa shape index (κ3) is 10.7. The molecule has 6 heteroatoms. The van der Waals surface area contributed by atoms with Gasteiger partial charge < -0.3 is 19.4 Å². The lowest BCUT2D eigenvalue weighted by atomic mass is 9.79. The topological polar surface area (TPSA) is 61.3 Å². The molecule has 2 amide bonds. The summed E-state index contributed by atoms with van der Waals surface area (Å²) in [4.78, 5) is 31.7. The van der Waals surface area contributed by atoms with Gasteiger partial charge in [-0.05, 0) is 59.1 Å². The van der Waals surface area contributed by atoms with Gasteiger partial charge in [-0.25, -0.2) is 0 Å². The van der Waals surface area contributed by atoms with Gasteiger partial charge in [-0.15, -0.1) is 0 Å². The van der Waals surface area contributed by atoms with Crippen molar-refractivity contribution in [2.75, 3.05) is 28.2 Å². The molecule has 2 aliphatic carbocycles. The van der Waals surface area contributed by atoms with E-state index in [1.54, 1.807) is 9.80 Å².